The molecule has 20 atom stereocenters. The van der Waals surface area contributed by atoms with Gasteiger partial charge in [-0.05, 0) is 0 Å². The molecule has 4 rings (SSSR count). The van der Waals surface area contributed by atoms with Gasteiger partial charge in [-0.1, -0.05) is 0 Å². The summed E-state index contributed by atoms with van der Waals surface area (Å²) < 4.78 is 38.3. The predicted molar refractivity (Wildman–Crippen MR) is 134 cm³/mol. The first-order valence-electron chi connectivity index (χ1n) is 14.1. The van der Waals surface area contributed by atoms with E-state index >= 15 is 0 Å². The molecule has 4 aliphatic rings. The van der Waals surface area contributed by atoms with Gasteiger partial charge in [-0.3, -0.25) is 0 Å². The van der Waals surface area contributed by atoms with Gasteiger partial charge in [-0.15, -0.1) is 0 Å². The number of ether oxygens (including phenoxy) is 7. The molecule has 0 aliphatic carbocycles. The summed E-state index contributed by atoms with van der Waals surface area (Å²) in [7, 11) is 0. The van der Waals surface area contributed by atoms with Crippen molar-refractivity contribution in [2.75, 3.05) is 26.4 Å². The zero-order valence-corrected chi connectivity index (χ0v) is 23.5. The highest BCUT2D eigenvalue weighted by atomic mass is 16.8. The zero-order chi connectivity index (χ0) is 33.3. The molecule has 45 heavy (non-hydrogen) atoms. The van der Waals surface area contributed by atoms with Crippen molar-refractivity contribution in [3.63, 3.8) is 0 Å². The van der Waals surface area contributed by atoms with Crippen LogP contribution in [0.1, 0.15) is 0 Å². The monoisotopic (exact) mass is 666 g/mol. The average Bonchev–Trinajstić information content (AvgIpc) is 3.03. The zero-order valence-electron chi connectivity index (χ0n) is 23.5. The first-order chi connectivity index (χ1) is 21.3. The molecule has 0 radical (unpaired) electrons. The van der Waals surface area contributed by atoms with Gasteiger partial charge in [0.05, 0.1) is 26.4 Å². The summed E-state index contributed by atoms with van der Waals surface area (Å²) in [5.74, 6) is 0. The summed E-state index contributed by atoms with van der Waals surface area (Å²) in [5, 5.41) is 143. The van der Waals surface area contributed by atoms with Crippen LogP contribution < -0.4 is 0 Å². The van der Waals surface area contributed by atoms with E-state index in [-0.39, 0.29) is 0 Å². The van der Waals surface area contributed by atoms with Crippen LogP contribution in [0.4, 0.5) is 0 Å². The average molecular weight is 667 g/mol. The van der Waals surface area contributed by atoms with E-state index in [2.05, 4.69) is 0 Å². The van der Waals surface area contributed by atoms with E-state index in [0.29, 0.717) is 0 Å². The molecule has 0 aromatic heterocycles. The molecule has 14 N–H and O–H groups in total. The minimum atomic E-state index is -2.03. The Hall–Kier alpha value is -0.840. The van der Waals surface area contributed by atoms with Crippen molar-refractivity contribution in [2.24, 2.45) is 0 Å². The molecule has 0 saturated carbocycles. The van der Waals surface area contributed by atoms with E-state index in [1.54, 1.807) is 0 Å². The standard InChI is InChI=1S/C24H42O21/c25-1-5-10(30)14(34)18(21(38)39-5)43-23-20(16(36)12(32)7(3-27)41-23)45-24-19(15(35)11(31)8(4-28)42-24)44-22-17(37)13(33)9(29)6(2-26)40-22/h5-38H,1-4H2/t5?,6?,7?,8?,9-,10-,11-,12-,13+,14+,15+,16+,17?,18?,19?,20?,21-,22-,23-,24-/m1/s1. The molecule has 0 amide bonds. The second-order valence-corrected chi connectivity index (χ2v) is 11.1. The highest BCUT2D eigenvalue weighted by Crippen LogP contribution is 2.34. The molecular formula is C24H42O21. The summed E-state index contributed by atoms with van der Waals surface area (Å²) in [4.78, 5) is 0. The normalized spacial score (nSPS) is 52.9. The van der Waals surface area contributed by atoms with Crippen LogP contribution in [-0.2, 0) is 33.2 Å². The van der Waals surface area contributed by atoms with Crippen LogP contribution in [0.25, 0.3) is 0 Å². The molecule has 264 valence electrons. The van der Waals surface area contributed by atoms with Crippen LogP contribution in [0.3, 0.4) is 0 Å². The topological polar surface area (TPSA) is 348 Å². The minimum Gasteiger partial charge on any atom is -0.394 e. The van der Waals surface area contributed by atoms with Crippen LogP contribution in [0.2, 0.25) is 0 Å². The van der Waals surface area contributed by atoms with Gasteiger partial charge in [0.2, 0.25) is 0 Å². The number of hydrogen-bond donors (Lipinski definition) is 14. The second kappa shape index (κ2) is 15.6. The number of aliphatic hydroxyl groups is 14. The van der Waals surface area contributed by atoms with Crippen LogP contribution in [0, 0.1) is 0 Å². The molecule has 4 aliphatic heterocycles. The molecule has 0 bridgehead atoms. The van der Waals surface area contributed by atoms with E-state index in [1.165, 1.54) is 0 Å². The Kier molecular flexibility index (Phi) is 12.8. The van der Waals surface area contributed by atoms with Crippen molar-refractivity contribution >= 4 is 0 Å². The third-order valence-electron chi connectivity index (χ3n) is 8.21. The maximum Gasteiger partial charge on any atom is 0.187 e. The lowest BCUT2D eigenvalue weighted by atomic mass is 9.96. The molecule has 4 fully saturated rings. The van der Waals surface area contributed by atoms with Crippen molar-refractivity contribution in [3.05, 3.63) is 0 Å². The molecule has 0 aromatic rings. The van der Waals surface area contributed by atoms with Gasteiger partial charge in [0, 0.05) is 0 Å². The summed E-state index contributed by atoms with van der Waals surface area (Å²) in [6, 6.07) is 0. The molecular weight excluding hydrogens is 624 g/mol. The van der Waals surface area contributed by atoms with E-state index in [0.717, 1.165) is 0 Å². The lowest BCUT2D eigenvalue weighted by Crippen LogP contribution is -2.68. The number of aliphatic hydroxyl groups excluding tert-OH is 14. The fourth-order valence-electron chi connectivity index (χ4n) is 5.48. The van der Waals surface area contributed by atoms with Crippen LogP contribution in [-0.4, -0.2) is 221 Å². The van der Waals surface area contributed by atoms with Gasteiger partial charge >= 0.3 is 0 Å². The van der Waals surface area contributed by atoms with E-state index < -0.39 is 149 Å². The van der Waals surface area contributed by atoms with E-state index in [4.69, 9.17) is 33.2 Å². The summed E-state index contributed by atoms with van der Waals surface area (Å²) in [5.41, 5.74) is 0. The van der Waals surface area contributed by atoms with Gasteiger partial charge < -0.3 is 105 Å². The third-order valence-corrected chi connectivity index (χ3v) is 8.21. The third kappa shape index (κ3) is 7.44. The Bertz CT molecular complexity index is 916. The maximum atomic E-state index is 11.0. The van der Waals surface area contributed by atoms with Crippen molar-refractivity contribution in [2.45, 2.75) is 123 Å². The Balaban J connectivity index is 1.61. The highest BCUT2D eigenvalue weighted by Gasteiger charge is 2.55. The van der Waals surface area contributed by atoms with Gasteiger partial charge in [0.25, 0.3) is 0 Å². The van der Waals surface area contributed by atoms with Crippen molar-refractivity contribution < 1.29 is 105 Å². The molecule has 4 saturated heterocycles. The Labute approximate surface area is 254 Å². The highest BCUT2D eigenvalue weighted by molar-refractivity contribution is 4.97. The van der Waals surface area contributed by atoms with E-state index in [9.17, 15) is 71.5 Å². The molecule has 4 heterocycles. The lowest BCUT2D eigenvalue weighted by molar-refractivity contribution is -0.405. The largest absolute Gasteiger partial charge is 0.394 e. The first-order valence-corrected chi connectivity index (χ1v) is 14.1. The summed E-state index contributed by atoms with van der Waals surface area (Å²) in [6.45, 7) is -3.41. The lowest BCUT2D eigenvalue weighted by Gasteiger charge is -2.49. The molecule has 21 heteroatoms. The Morgan fingerprint density at radius 1 is 0.333 bits per heavy atom. The molecule has 21 nitrogen and oxygen atoms in total. The van der Waals surface area contributed by atoms with Crippen molar-refractivity contribution in [1.82, 2.24) is 0 Å². The van der Waals surface area contributed by atoms with E-state index in [1.807, 2.05) is 0 Å². The molecule has 0 aromatic carbocycles. The van der Waals surface area contributed by atoms with Gasteiger partial charge in [0.1, 0.15) is 97.7 Å². The summed E-state index contributed by atoms with van der Waals surface area (Å²) >= 11 is 0. The van der Waals surface area contributed by atoms with Crippen LogP contribution >= 0.6 is 0 Å². The minimum absolute atomic E-state index is 0.791. The number of rotatable bonds is 10. The predicted octanol–water partition coefficient (Wildman–Crippen LogP) is -9.75. The smallest absolute Gasteiger partial charge is 0.187 e. The van der Waals surface area contributed by atoms with Crippen LogP contribution in [0.5, 0.6) is 0 Å². The molecule has 8 unspecified atom stereocenters. The summed E-state index contributed by atoms with van der Waals surface area (Å²) in [6.07, 6.45) is -36.6. The SMILES string of the molecule is OCC1O[C@H](OC2[C@@H](OC3[C@@H](OC4[C@H](O)OC(CO)[C@@H](O)[C@@H]4O)OC(CO)[C@@H](O)[C@@H]3O)OC(CO)[C@@H](O)[C@@H]2O)C(O)[C@@H](O)[C@@H]1O. The maximum absolute atomic E-state index is 11.0. The van der Waals surface area contributed by atoms with Gasteiger partial charge in [-0.25, -0.2) is 0 Å². The fourth-order valence-corrected chi connectivity index (χ4v) is 5.48. The first kappa shape index (κ1) is 37.0. The Morgan fingerprint density at radius 2 is 0.644 bits per heavy atom. The number of hydrogen-bond acceptors (Lipinski definition) is 21. The van der Waals surface area contributed by atoms with Crippen molar-refractivity contribution in [1.29, 1.82) is 0 Å². The van der Waals surface area contributed by atoms with Gasteiger partial charge in [0.15, 0.2) is 25.2 Å². The second-order valence-electron chi connectivity index (χ2n) is 11.1. The fraction of sp³-hybridized carbons (Fsp3) is 1.00. The quantitative estimate of drug-likeness (QED) is 0.103. The van der Waals surface area contributed by atoms with Crippen LogP contribution in [0.15, 0.2) is 0 Å². The Morgan fingerprint density at radius 3 is 1.07 bits per heavy atom. The van der Waals surface area contributed by atoms with Crippen molar-refractivity contribution in [3.8, 4) is 0 Å². The molecule has 0 spiro atoms. The van der Waals surface area contributed by atoms with Gasteiger partial charge in [-0.2, -0.15) is 0 Å².